The maximum absolute atomic E-state index is 14.4. The van der Waals surface area contributed by atoms with E-state index in [4.69, 9.17) is 9.47 Å². The molecule has 1 N–H and O–H groups in total. The van der Waals surface area contributed by atoms with Crippen molar-refractivity contribution in [3.8, 4) is 5.75 Å². The van der Waals surface area contributed by atoms with E-state index in [0.717, 1.165) is 31.4 Å². The Morgan fingerprint density at radius 2 is 1.89 bits per heavy atom. The van der Waals surface area contributed by atoms with Crippen LogP contribution in [0.5, 0.6) is 5.75 Å². The van der Waals surface area contributed by atoms with Crippen LogP contribution in [-0.2, 0) is 19.1 Å². The van der Waals surface area contributed by atoms with Gasteiger partial charge in [0, 0.05) is 30.6 Å². The average molecular weight is 541 g/mol. The van der Waals surface area contributed by atoms with Crippen LogP contribution >= 0.6 is 11.8 Å². The van der Waals surface area contributed by atoms with Gasteiger partial charge in [-0.1, -0.05) is 24.3 Å². The molecule has 5 rings (SSSR count). The van der Waals surface area contributed by atoms with Crippen LogP contribution in [0.2, 0.25) is 0 Å². The first kappa shape index (κ1) is 26.8. The molecule has 4 heterocycles. The fraction of sp³-hybridized carbons (Fsp3) is 0.552. The average Bonchev–Trinajstić information content (AvgIpc) is 3.31. The lowest BCUT2D eigenvalue weighted by Gasteiger charge is -2.35. The number of likely N-dealkylation sites (tertiary alicyclic amines) is 1. The van der Waals surface area contributed by atoms with Gasteiger partial charge in [-0.05, 0) is 62.8 Å². The molecule has 4 aliphatic heterocycles. The number of hydrogen-bond acceptors (Lipinski definition) is 7. The molecule has 38 heavy (non-hydrogen) atoms. The van der Waals surface area contributed by atoms with Crippen LogP contribution in [0.15, 0.2) is 48.6 Å². The van der Waals surface area contributed by atoms with E-state index in [1.165, 1.54) is 0 Å². The Balaban J connectivity index is 1.54. The standard InChI is InChI=1S/C29H36N2O6S/c1-36-21-13-11-20(12-14-21)30-17-9-15-29-24(23-22(38-29)10-5-2-3-8-19-37-28(23)35)26(33)31(25(29)27(30)34)16-6-4-7-18-32/h5,9-15,22-25,32H,2-4,6-8,16-19H2,1H3/b10-5-/t22-,23+,24+,25?,29+/m1/s1. The number of hydrogen-bond donors (Lipinski definition) is 1. The van der Waals surface area contributed by atoms with Gasteiger partial charge in [0.1, 0.15) is 11.8 Å². The molecule has 0 saturated carbocycles. The second kappa shape index (κ2) is 11.5. The van der Waals surface area contributed by atoms with Gasteiger partial charge in [0.05, 0.1) is 30.3 Å². The van der Waals surface area contributed by atoms with E-state index in [1.54, 1.807) is 28.7 Å². The minimum Gasteiger partial charge on any atom is -0.497 e. The second-order valence-corrected chi connectivity index (χ2v) is 11.8. The normalized spacial score (nSPS) is 31.8. The SMILES string of the molecule is COc1ccc(N2CC=C[C@]34S[C@@H]5/C=C\CCCCOC(=O)[C@@H]5[C@H]3C(=O)N(CCCCCO)C4C2=O)cc1. The zero-order valence-corrected chi connectivity index (χ0v) is 22.6. The molecule has 1 aromatic carbocycles. The van der Waals surface area contributed by atoms with E-state index in [0.29, 0.717) is 38.3 Å². The van der Waals surface area contributed by atoms with Gasteiger partial charge in [-0.15, -0.1) is 11.8 Å². The van der Waals surface area contributed by atoms with Gasteiger partial charge in [-0.25, -0.2) is 0 Å². The Labute approximate surface area is 228 Å². The minimum absolute atomic E-state index is 0.0919. The summed E-state index contributed by atoms with van der Waals surface area (Å²) in [7, 11) is 1.60. The number of nitrogens with zero attached hydrogens (tertiary/aromatic N) is 2. The number of allylic oxidation sites excluding steroid dienone is 1. The first-order chi connectivity index (χ1) is 18.5. The molecular weight excluding hydrogens is 504 g/mol. The van der Waals surface area contributed by atoms with Crippen LogP contribution in [-0.4, -0.2) is 77.2 Å². The summed E-state index contributed by atoms with van der Waals surface area (Å²) in [4.78, 5) is 45.3. The smallest absolute Gasteiger partial charge is 0.311 e. The van der Waals surface area contributed by atoms with Crippen molar-refractivity contribution >= 4 is 35.2 Å². The summed E-state index contributed by atoms with van der Waals surface area (Å²) >= 11 is 1.57. The Bertz CT molecular complexity index is 1100. The first-order valence-electron chi connectivity index (χ1n) is 13.6. The van der Waals surface area contributed by atoms with Crippen LogP contribution < -0.4 is 9.64 Å². The second-order valence-electron chi connectivity index (χ2n) is 10.3. The van der Waals surface area contributed by atoms with Crippen LogP contribution in [0.25, 0.3) is 0 Å². The van der Waals surface area contributed by atoms with E-state index >= 15 is 0 Å². The van der Waals surface area contributed by atoms with Gasteiger partial charge in [-0.2, -0.15) is 0 Å². The zero-order chi connectivity index (χ0) is 26.7. The predicted octanol–water partition coefficient (Wildman–Crippen LogP) is 3.34. The summed E-state index contributed by atoms with van der Waals surface area (Å²) in [5.74, 6) is -1.26. The van der Waals surface area contributed by atoms with Gasteiger partial charge in [-0.3, -0.25) is 14.4 Å². The Hall–Kier alpha value is -2.78. The quantitative estimate of drug-likeness (QED) is 0.322. The summed E-state index contributed by atoms with van der Waals surface area (Å²) < 4.78 is 10.1. The van der Waals surface area contributed by atoms with Crippen molar-refractivity contribution in [2.45, 2.75) is 54.6 Å². The van der Waals surface area contributed by atoms with Crippen molar-refractivity contribution in [1.82, 2.24) is 4.90 Å². The lowest BCUT2D eigenvalue weighted by atomic mass is 9.78. The molecule has 1 spiro atoms. The minimum atomic E-state index is -0.862. The highest BCUT2D eigenvalue weighted by atomic mass is 32.2. The van der Waals surface area contributed by atoms with Crippen molar-refractivity contribution in [2.75, 3.05) is 38.3 Å². The number of carbonyl (C=O) groups is 3. The summed E-state index contributed by atoms with van der Waals surface area (Å²) in [6.45, 7) is 1.22. The van der Waals surface area contributed by atoms with Crippen molar-refractivity contribution in [1.29, 1.82) is 0 Å². The molecular formula is C29H36N2O6S. The highest BCUT2D eigenvalue weighted by Crippen LogP contribution is 2.60. The number of anilines is 1. The van der Waals surface area contributed by atoms with E-state index in [1.807, 2.05) is 36.4 Å². The fourth-order valence-electron chi connectivity index (χ4n) is 6.22. The molecule has 4 aliphatic rings. The first-order valence-corrected chi connectivity index (χ1v) is 14.5. The third kappa shape index (κ3) is 4.75. The molecule has 5 atom stereocenters. The number of carbonyl (C=O) groups excluding carboxylic acids is 3. The summed E-state index contributed by atoms with van der Waals surface area (Å²) in [5, 5.41) is 9.00. The third-order valence-corrected chi connectivity index (χ3v) is 9.79. The Kier molecular flexibility index (Phi) is 8.14. The van der Waals surface area contributed by atoms with Gasteiger partial charge in [0.2, 0.25) is 5.91 Å². The topological polar surface area (TPSA) is 96.4 Å². The zero-order valence-electron chi connectivity index (χ0n) is 21.8. The van der Waals surface area contributed by atoms with Crippen LogP contribution in [0.3, 0.4) is 0 Å². The van der Waals surface area contributed by atoms with E-state index in [9.17, 15) is 19.5 Å². The fourth-order valence-corrected chi connectivity index (χ4v) is 8.22. The molecule has 2 fully saturated rings. The maximum Gasteiger partial charge on any atom is 0.311 e. The lowest BCUT2D eigenvalue weighted by molar-refractivity contribution is -0.153. The number of unbranched alkanes of at least 4 members (excludes halogenated alkanes) is 2. The van der Waals surface area contributed by atoms with Crippen LogP contribution in [0.1, 0.15) is 38.5 Å². The number of cyclic esters (lactones) is 1. The van der Waals surface area contributed by atoms with E-state index in [2.05, 4.69) is 12.2 Å². The molecule has 2 amide bonds. The molecule has 204 valence electrons. The van der Waals surface area contributed by atoms with Gasteiger partial charge in [0.15, 0.2) is 0 Å². The van der Waals surface area contributed by atoms with Crippen molar-refractivity contribution in [2.24, 2.45) is 11.8 Å². The molecule has 1 aromatic rings. The number of amides is 2. The van der Waals surface area contributed by atoms with Gasteiger partial charge < -0.3 is 24.4 Å². The number of esters is 1. The summed E-state index contributed by atoms with van der Waals surface area (Å²) in [6.07, 6.45) is 12.9. The molecule has 0 aliphatic carbocycles. The monoisotopic (exact) mass is 540 g/mol. The molecule has 2 saturated heterocycles. The van der Waals surface area contributed by atoms with Crippen LogP contribution in [0.4, 0.5) is 5.69 Å². The molecule has 0 bridgehead atoms. The molecule has 0 radical (unpaired) electrons. The number of ether oxygens (including phenoxy) is 2. The largest absolute Gasteiger partial charge is 0.497 e. The number of fused-ring (bicyclic) bond motifs is 2. The summed E-state index contributed by atoms with van der Waals surface area (Å²) in [6, 6.07) is 6.61. The molecule has 0 aromatic heterocycles. The number of aliphatic hydroxyl groups is 1. The summed E-state index contributed by atoms with van der Waals surface area (Å²) in [5.41, 5.74) is 0.731. The van der Waals surface area contributed by atoms with E-state index in [-0.39, 0.29) is 29.6 Å². The molecule has 9 heteroatoms. The molecule has 8 nitrogen and oxygen atoms in total. The number of thioether (sulfide) groups is 1. The number of methoxy groups -OCH3 is 1. The third-order valence-electron chi connectivity index (χ3n) is 8.04. The van der Waals surface area contributed by atoms with Gasteiger partial charge >= 0.3 is 5.97 Å². The number of aliphatic hydroxyl groups excluding tert-OH is 1. The van der Waals surface area contributed by atoms with E-state index < -0.39 is 22.6 Å². The number of benzene rings is 1. The van der Waals surface area contributed by atoms with Crippen LogP contribution in [0, 0.1) is 11.8 Å². The van der Waals surface area contributed by atoms with Crippen molar-refractivity contribution in [3.63, 3.8) is 0 Å². The van der Waals surface area contributed by atoms with Gasteiger partial charge in [0.25, 0.3) is 5.91 Å². The Morgan fingerprint density at radius 3 is 2.66 bits per heavy atom. The predicted molar refractivity (Wildman–Crippen MR) is 146 cm³/mol. The highest BCUT2D eigenvalue weighted by molar-refractivity contribution is 8.02. The Morgan fingerprint density at radius 1 is 1.08 bits per heavy atom. The number of rotatable bonds is 7. The maximum atomic E-state index is 14.4. The highest BCUT2D eigenvalue weighted by Gasteiger charge is 2.70. The van der Waals surface area contributed by atoms with Crippen molar-refractivity contribution in [3.05, 3.63) is 48.6 Å². The molecule has 1 unspecified atom stereocenters. The van der Waals surface area contributed by atoms with Crippen molar-refractivity contribution < 1.29 is 29.0 Å². The lowest BCUT2D eigenvalue weighted by Crippen LogP contribution is -2.53.